The highest BCUT2D eigenvalue weighted by Gasteiger charge is 1.82. The highest BCUT2D eigenvalue weighted by Crippen LogP contribution is 1.86. The number of hydrogen-bond acceptors (Lipinski definition) is 1. The summed E-state index contributed by atoms with van der Waals surface area (Å²) in [5, 5.41) is 0. The first kappa shape index (κ1) is 11.4. The van der Waals surface area contributed by atoms with Gasteiger partial charge in [-0.2, -0.15) is 0 Å². The summed E-state index contributed by atoms with van der Waals surface area (Å²) in [6.07, 6.45) is 3.89. The summed E-state index contributed by atoms with van der Waals surface area (Å²) in [6.45, 7) is 9.93. The second-order valence-corrected chi connectivity index (χ2v) is 1.65. The number of ether oxygens (including phenoxy) is 1. The van der Waals surface area contributed by atoms with Gasteiger partial charge in [-0.05, 0) is 20.8 Å². The van der Waals surface area contributed by atoms with Crippen molar-refractivity contribution in [3.05, 3.63) is 12.3 Å². The van der Waals surface area contributed by atoms with E-state index < -0.39 is 0 Å². The Kier molecular flexibility index (Phi) is 13.3. The maximum atomic E-state index is 5.01. The van der Waals surface area contributed by atoms with Gasteiger partial charge in [0.05, 0.1) is 12.4 Å². The van der Waals surface area contributed by atoms with Crippen LogP contribution in [-0.2, 0) is 4.74 Å². The van der Waals surface area contributed by atoms with Gasteiger partial charge in [-0.25, -0.2) is 0 Å². The number of allylic oxidation sites excluding steroid dienone is 1. The standard InChI is InChI=1S/C6H12O.C2H6/c1-4-5-7-6(2)3;1-2/h4-6H,1-3H3;1-2H3/b5-4-;. The van der Waals surface area contributed by atoms with Gasteiger partial charge in [0, 0.05) is 0 Å². The molecule has 0 heterocycles. The first-order valence-electron chi connectivity index (χ1n) is 3.54. The molecule has 0 aromatic heterocycles. The number of hydrogen-bond donors (Lipinski definition) is 0. The third-order valence-corrected chi connectivity index (χ3v) is 0.487. The van der Waals surface area contributed by atoms with Crippen LogP contribution in [0.15, 0.2) is 12.3 Å². The maximum absolute atomic E-state index is 5.01. The minimum atomic E-state index is 0.316. The van der Waals surface area contributed by atoms with E-state index in [2.05, 4.69) is 0 Å². The Morgan fingerprint density at radius 2 is 1.67 bits per heavy atom. The van der Waals surface area contributed by atoms with Gasteiger partial charge < -0.3 is 4.74 Å². The molecule has 0 aliphatic carbocycles. The molecule has 0 bridgehead atoms. The first-order chi connectivity index (χ1) is 4.27. The molecule has 0 rings (SSSR count). The van der Waals surface area contributed by atoms with E-state index in [1.54, 1.807) is 6.26 Å². The highest BCUT2D eigenvalue weighted by atomic mass is 16.5. The van der Waals surface area contributed by atoms with Gasteiger partial charge in [0.1, 0.15) is 0 Å². The summed E-state index contributed by atoms with van der Waals surface area (Å²) < 4.78 is 5.01. The molecular formula is C8H18O. The van der Waals surface area contributed by atoms with Crippen LogP contribution in [0.4, 0.5) is 0 Å². The van der Waals surface area contributed by atoms with Crippen LogP contribution >= 0.6 is 0 Å². The van der Waals surface area contributed by atoms with Crippen LogP contribution in [0.5, 0.6) is 0 Å². The molecule has 0 saturated carbocycles. The van der Waals surface area contributed by atoms with Crippen molar-refractivity contribution in [3.8, 4) is 0 Å². The van der Waals surface area contributed by atoms with Crippen LogP contribution in [0, 0.1) is 0 Å². The van der Waals surface area contributed by atoms with E-state index in [1.807, 2.05) is 40.7 Å². The van der Waals surface area contributed by atoms with Gasteiger partial charge in [0.25, 0.3) is 0 Å². The first-order valence-corrected chi connectivity index (χ1v) is 3.54. The summed E-state index contributed by atoms with van der Waals surface area (Å²) in [5.74, 6) is 0. The summed E-state index contributed by atoms with van der Waals surface area (Å²) in [5.41, 5.74) is 0. The fourth-order valence-corrected chi connectivity index (χ4v) is 0.236. The van der Waals surface area contributed by atoms with Crippen LogP contribution in [0.2, 0.25) is 0 Å². The van der Waals surface area contributed by atoms with Crippen LogP contribution in [0.25, 0.3) is 0 Å². The molecule has 0 amide bonds. The molecule has 9 heavy (non-hydrogen) atoms. The molecule has 0 unspecified atom stereocenters. The van der Waals surface area contributed by atoms with Crippen molar-refractivity contribution in [2.75, 3.05) is 0 Å². The van der Waals surface area contributed by atoms with Gasteiger partial charge in [-0.1, -0.05) is 19.9 Å². The zero-order valence-corrected chi connectivity index (χ0v) is 7.14. The predicted octanol–water partition coefficient (Wildman–Crippen LogP) is 2.97. The largest absolute Gasteiger partial charge is 0.499 e. The summed E-state index contributed by atoms with van der Waals surface area (Å²) in [4.78, 5) is 0. The topological polar surface area (TPSA) is 9.23 Å². The fraction of sp³-hybridized carbons (Fsp3) is 0.750. The molecule has 0 aromatic rings. The Balaban J connectivity index is 0. The minimum absolute atomic E-state index is 0.316. The Morgan fingerprint density at radius 1 is 1.22 bits per heavy atom. The summed E-state index contributed by atoms with van der Waals surface area (Å²) in [6, 6.07) is 0. The molecule has 0 fully saturated rings. The van der Waals surface area contributed by atoms with E-state index >= 15 is 0 Å². The molecule has 0 aromatic carbocycles. The van der Waals surface area contributed by atoms with E-state index in [0.29, 0.717) is 6.10 Å². The summed E-state index contributed by atoms with van der Waals surface area (Å²) in [7, 11) is 0. The lowest BCUT2D eigenvalue weighted by molar-refractivity contribution is 0.179. The van der Waals surface area contributed by atoms with Gasteiger partial charge in [-0.3, -0.25) is 0 Å². The van der Waals surface area contributed by atoms with E-state index in [0.717, 1.165) is 0 Å². The lowest BCUT2D eigenvalue weighted by Crippen LogP contribution is -1.93. The van der Waals surface area contributed by atoms with Crippen LogP contribution in [-0.4, -0.2) is 6.10 Å². The molecule has 0 atom stereocenters. The summed E-state index contributed by atoms with van der Waals surface area (Å²) >= 11 is 0. The molecule has 56 valence electrons. The van der Waals surface area contributed by atoms with Crippen molar-refractivity contribution in [1.82, 2.24) is 0 Å². The van der Waals surface area contributed by atoms with E-state index in [9.17, 15) is 0 Å². The third kappa shape index (κ3) is 18.5. The predicted molar refractivity (Wildman–Crippen MR) is 42.4 cm³/mol. The van der Waals surface area contributed by atoms with Crippen molar-refractivity contribution in [2.45, 2.75) is 40.7 Å². The molecule has 0 saturated heterocycles. The van der Waals surface area contributed by atoms with Crippen molar-refractivity contribution < 1.29 is 4.74 Å². The molecule has 1 heteroatoms. The molecule has 0 radical (unpaired) electrons. The van der Waals surface area contributed by atoms with Gasteiger partial charge >= 0.3 is 0 Å². The molecule has 0 N–H and O–H groups in total. The maximum Gasteiger partial charge on any atom is 0.0922 e. The molecule has 0 spiro atoms. The lowest BCUT2D eigenvalue weighted by Gasteiger charge is -2.00. The second-order valence-electron chi connectivity index (χ2n) is 1.65. The Labute approximate surface area is 58.7 Å². The molecule has 0 aliphatic heterocycles. The van der Waals surface area contributed by atoms with E-state index in [1.165, 1.54) is 0 Å². The van der Waals surface area contributed by atoms with Crippen molar-refractivity contribution >= 4 is 0 Å². The van der Waals surface area contributed by atoms with Gasteiger partial charge in [-0.15, -0.1) is 0 Å². The molecule has 0 aliphatic rings. The van der Waals surface area contributed by atoms with E-state index in [4.69, 9.17) is 4.74 Å². The van der Waals surface area contributed by atoms with Crippen molar-refractivity contribution in [2.24, 2.45) is 0 Å². The zero-order valence-electron chi connectivity index (χ0n) is 7.14. The Morgan fingerprint density at radius 3 is 1.78 bits per heavy atom. The molecule has 1 nitrogen and oxygen atoms in total. The SMILES string of the molecule is C/C=C\OC(C)C.CC. The number of rotatable bonds is 2. The average molecular weight is 130 g/mol. The third-order valence-electron chi connectivity index (χ3n) is 0.487. The van der Waals surface area contributed by atoms with Crippen molar-refractivity contribution in [3.63, 3.8) is 0 Å². The van der Waals surface area contributed by atoms with Crippen LogP contribution < -0.4 is 0 Å². The van der Waals surface area contributed by atoms with Gasteiger partial charge in [0.15, 0.2) is 0 Å². The van der Waals surface area contributed by atoms with E-state index in [-0.39, 0.29) is 0 Å². The Hall–Kier alpha value is -0.460. The molecular weight excluding hydrogens is 112 g/mol. The minimum Gasteiger partial charge on any atom is -0.499 e. The zero-order chi connectivity index (χ0) is 7.70. The highest BCUT2D eigenvalue weighted by molar-refractivity contribution is 4.65. The fourth-order valence-electron chi connectivity index (χ4n) is 0.236. The smallest absolute Gasteiger partial charge is 0.0922 e. The average Bonchev–Trinajstić information content (AvgIpc) is 1.88. The Bertz CT molecular complexity index is 55.6. The normalized spacial score (nSPS) is 9.11. The lowest BCUT2D eigenvalue weighted by atomic mass is 10.5. The quantitative estimate of drug-likeness (QED) is 0.522. The van der Waals surface area contributed by atoms with Crippen LogP contribution in [0.3, 0.4) is 0 Å². The van der Waals surface area contributed by atoms with Crippen molar-refractivity contribution in [1.29, 1.82) is 0 Å². The second kappa shape index (κ2) is 10.5. The van der Waals surface area contributed by atoms with Gasteiger partial charge in [0.2, 0.25) is 0 Å². The monoisotopic (exact) mass is 130 g/mol. The van der Waals surface area contributed by atoms with Crippen LogP contribution in [0.1, 0.15) is 34.6 Å².